The van der Waals surface area contributed by atoms with Crippen LogP contribution in [0.2, 0.25) is 0 Å². The van der Waals surface area contributed by atoms with E-state index in [9.17, 15) is 4.79 Å². The molecule has 0 bridgehead atoms. The molecule has 3 aromatic rings. The average molecular weight is 352 g/mol. The van der Waals surface area contributed by atoms with Crippen molar-refractivity contribution in [3.63, 3.8) is 0 Å². The third kappa shape index (κ3) is 4.83. The normalized spacial score (nSPS) is 10.3. The van der Waals surface area contributed by atoms with Gasteiger partial charge < -0.3 is 19.8 Å². The van der Waals surface area contributed by atoms with Crippen LogP contribution >= 0.6 is 0 Å². The molecule has 26 heavy (non-hydrogen) atoms. The molecule has 0 atom stereocenters. The topological polar surface area (TPSA) is 89.3 Å². The van der Waals surface area contributed by atoms with Crippen LogP contribution < -0.4 is 15.4 Å². The fourth-order valence-corrected chi connectivity index (χ4v) is 2.41. The Morgan fingerprint density at radius 2 is 2.12 bits per heavy atom. The summed E-state index contributed by atoms with van der Waals surface area (Å²) < 4.78 is 10.4. The van der Waals surface area contributed by atoms with Gasteiger partial charge in [-0.15, -0.1) is 0 Å². The first-order valence-corrected chi connectivity index (χ1v) is 8.24. The number of nitrogens with one attached hydrogen (secondary N) is 2. The summed E-state index contributed by atoms with van der Waals surface area (Å²) in [4.78, 5) is 20.4. The fourth-order valence-electron chi connectivity index (χ4n) is 2.41. The van der Waals surface area contributed by atoms with Crippen LogP contribution in [0.15, 0.2) is 59.5 Å². The highest BCUT2D eigenvalue weighted by atomic mass is 16.5. The van der Waals surface area contributed by atoms with Gasteiger partial charge in [0, 0.05) is 12.6 Å². The maximum atomic E-state index is 12.3. The zero-order valence-corrected chi connectivity index (χ0v) is 14.4. The molecule has 7 nitrogen and oxygen atoms in total. The third-order valence-corrected chi connectivity index (χ3v) is 3.76. The Hall–Kier alpha value is -3.35. The van der Waals surface area contributed by atoms with Gasteiger partial charge in [-0.1, -0.05) is 12.1 Å². The molecule has 3 rings (SSSR count). The lowest BCUT2D eigenvalue weighted by molar-refractivity contribution is 0.0949. The number of carbonyl (C=O) groups is 1. The summed E-state index contributed by atoms with van der Waals surface area (Å²) in [5.41, 5.74) is 1.40. The second kappa shape index (κ2) is 8.66. The van der Waals surface area contributed by atoms with Gasteiger partial charge in [0.2, 0.25) is 0 Å². The largest absolute Gasteiger partial charge is 0.497 e. The lowest BCUT2D eigenvalue weighted by Crippen LogP contribution is -2.26. The Bertz CT molecular complexity index is 850. The average Bonchev–Trinajstić information content (AvgIpc) is 3.20. The number of carbonyl (C=O) groups excluding carboxylic acids is 1. The molecule has 7 heteroatoms. The standard InChI is InChI=1S/C19H20N4O3/c1-25-15-5-2-4-14(10-15)7-8-20-19(24)17-11-18(23-13-22-17)21-12-16-6-3-9-26-16/h2-6,9-11,13H,7-8,12H2,1H3,(H,20,24)(H,21,22,23). The van der Waals surface area contributed by atoms with Gasteiger partial charge >= 0.3 is 0 Å². The van der Waals surface area contributed by atoms with Crippen molar-refractivity contribution in [2.24, 2.45) is 0 Å². The van der Waals surface area contributed by atoms with Crippen LogP contribution in [-0.2, 0) is 13.0 Å². The molecule has 0 aliphatic carbocycles. The van der Waals surface area contributed by atoms with E-state index in [1.807, 2.05) is 36.4 Å². The van der Waals surface area contributed by atoms with Crippen LogP contribution in [0, 0.1) is 0 Å². The fraction of sp³-hybridized carbons (Fsp3) is 0.211. The molecule has 2 aromatic heterocycles. The maximum absolute atomic E-state index is 12.3. The zero-order chi connectivity index (χ0) is 18.2. The minimum Gasteiger partial charge on any atom is -0.497 e. The van der Waals surface area contributed by atoms with Crippen molar-refractivity contribution in [1.82, 2.24) is 15.3 Å². The summed E-state index contributed by atoms with van der Waals surface area (Å²) in [7, 11) is 1.63. The summed E-state index contributed by atoms with van der Waals surface area (Å²) >= 11 is 0. The van der Waals surface area contributed by atoms with Crippen molar-refractivity contribution in [3.05, 3.63) is 72.1 Å². The maximum Gasteiger partial charge on any atom is 0.270 e. The van der Waals surface area contributed by atoms with E-state index < -0.39 is 0 Å². The van der Waals surface area contributed by atoms with Crippen molar-refractivity contribution >= 4 is 11.7 Å². The van der Waals surface area contributed by atoms with E-state index in [0.717, 1.165) is 17.1 Å². The van der Waals surface area contributed by atoms with Crippen molar-refractivity contribution in [2.45, 2.75) is 13.0 Å². The van der Waals surface area contributed by atoms with E-state index in [2.05, 4.69) is 20.6 Å². The van der Waals surface area contributed by atoms with Crippen molar-refractivity contribution in [1.29, 1.82) is 0 Å². The molecule has 0 saturated heterocycles. The summed E-state index contributed by atoms with van der Waals surface area (Å²) in [5.74, 6) is 1.91. The number of rotatable bonds is 8. The first-order chi connectivity index (χ1) is 12.7. The van der Waals surface area contributed by atoms with E-state index in [-0.39, 0.29) is 5.91 Å². The second-order valence-electron chi connectivity index (χ2n) is 5.58. The van der Waals surface area contributed by atoms with Gasteiger partial charge in [0.15, 0.2) is 0 Å². The van der Waals surface area contributed by atoms with Gasteiger partial charge in [-0.2, -0.15) is 0 Å². The van der Waals surface area contributed by atoms with Crippen LogP contribution in [-0.4, -0.2) is 29.5 Å². The predicted octanol–water partition coefficient (Wildman–Crippen LogP) is 2.66. The number of benzene rings is 1. The quantitative estimate of drug-likeness (QED) is 0.648. The van der Waals surface area contributed by atoms with E-state index in [1.165, 1.54) is 6.33 Å². The first kappa shape index (κ1) is 17.5. The van der Waals surface area contributed by atoms with Gasteiger partial charge in [0.25, 0.3) is 5.91 Å². The number of hydrogen-bond donors (Lipinski definition) is 2. The van der Waals surface area contributed by atoms with Crippen LogP contribution in [0.1, 0.15) is 21.8 Å². The Labute approximate surface area is 151 Å². The highest BCUT2D eigenvalue weighted by molar-refractivity contribution is 5.92. The second-order valence-corrected chi connectivity index (χ2v) is 5.58. The molecular weight excluding hydrogens is 332 g/mol. The zero-order valence-electron chi connectivity index (χ0n) is 14.4. The lowest BCUT2D eigenvalue weighted by Gasteiger charge is -2.08. The molecule has 2 N–H and O–H groups in total. The monoisotopic (exact) mass is 352 g/mol. The van der Waals surface area contributed by atoms with Gasteiger partial charge in [0.1, 0.15) is 29.3 Å². The first-order valence-electron chi connectivity index (χ1n) is 8.24. The number of methoxy groups -OCH3 is 1. The molecular formula is C19H20N4O3. The van der Waals surface area contributed by atoms with E-state index >= 15 is 0 Å². The van der Waals surface area contributed by atoms with Gasteiger partial charge in [-0.3, -0.25) is 4.79 Å². The third-order valence-electron chi connectivity index (χ3n) is 3.76. The summed E-state index contributed by atoms with van der Waals surface area (Å²) in [6.07, 6.45) is 3.68. The highest BCUT2D eigenvalue weighted by Gasteiger charge is 2.09. The SMILES string of the molecule is COc1cccc(CCNC(=O)c2cc(NCc3ccco3)ncn2)c1. The van der Waals surface area contributed by atoms with Crippen molar-refractivity contribution in [2.75, 3.05) is 19.0 Å². The van der Waals surface area contributed by atoms with Crippen LogP contribution in [0.25, 0.3) is 0 Å². The van der Waals surface area contributed by atoms with E-state index in [0.29, 0.717) is 31.0 Å². The Balaban J connectivity index is 1.51. The van der Waals surface area contributed by atoms with E-state index in [4.69, 9.17) is 9.15 Å². The molecule has 0 unspecified atom stereocenters. The molecule has 134 valence electrons. The van der Waals surface area contributed by atoms with Crippen LogP contribution in [0.5, 0.6) is 5.75 Å². The Morgan fingerprint density at radius 1 is 1.19 bits per heavy atom. The Kier molecular flexibility index (Phi) is 5.82. The number of aromatic nitrogens is 2. The summed E-state index contributed by atoms with van der Waals surface area (Å²) in [6.45, 7) is 0.992. The molecule has 0 radical (unpaired) electrons. The lowest BCUT2D eigenvalue weighted by atomic mass is 10.1. The number of furan rings is 1. The predicted molar refractivity (Wildman–Crippen MR) is 97.1 cm³/mol. The molecule has 0 spiro atoms. The van der Waals surface area contributed by atoms with Gasteiger partial charge in [-0.05, 0) is 36.2 Å². The minimum absolute atomic E-state index is 0.239. The number of hydrogen-bond acceptors (Lipinski definition) is 6. The summed E-state index contributed by atoms with van der Waals surface area (Å²) in [5, 5.41) is 5.96. The van der Waals surface area contributed by atoms with Crippen molar-refractivity contribution < 1.29 is 13.9 Å². The molecule has 0 saturated carbocycles. The number of amides is 1. The highest BCUT2D eigenvalue weighted by Crippen LogP contribution is 2.12. The van der Waals surface area contributed by atoms with E-state index in [1.54, 1.807) is 19.4 Å². The number of nitrogens with zero attached hydrogens (tertiary/aromatic N) is 2. The molecule has 0 aliphatic heterocycles. The summed E-state index contributed by atoms with van der Waals surface area (Å²) in [6, 6.07) is 13.1. The van der Waals surface area contributed by atoms with Crippen LogP contribution in [0.4, 0.5) is 5.82 Å². The molecule has 0 aliphatic rings. The molecule has 1 aromatic carbocycles. The molecule has 0 fully saturated rings. The number of ether oxygens (including phenoxy) is 1. The van der Waals surface area contributed by atoms with Crippen molar-refractivity contribution in [3.8, 4) is 5.75 Å². The van der Waals surface area contributed by atoms with Gasteiger partial charge in [-0.25, -0.2) is 9.97 Å². The van der Waals surface area contributed by atoms with Gasteiger partial charge in [0.05, 0.1) is 19.9 Å². The minimum atomic E-state index is -0.239. The van der Waals surface area contributed by atoms with Crippen LogP contribution in [0.3, 0.4) is 0 Å². The smallest absolute Gasteiger partial charge is 0.270 e. The number of anilines is 1. The Morgan fingerprint density at radius 3 is 2.92 bits per heavy atom. The molecule has 2 heterocycles. The molecule has 1 amide bonds.